The normalized spacial score (nSPS) is 12.5. The quantitative estimate of drug-likeness (QED) is 0.906. The highest BCUT2D eigenvalue weighted by Gasteiger charge is 2.18. The molecule has 0 bridgehead atoms. The summed E-state index contributed by atoms with van der Waals surface area (Å²) in [6, 6.07) is 8.16. The third kappa shape index (κ3) is 2.94. The summed E-state index contributed by atoms with van der Waals surface area (Å²) in [5.74, 6) is 0.780. The van der Waals surface area contributed by atoms with E-state index in [1.807, 2.05) is 36.6 Å². The lowest BCUT2D eigenvalue weighted by molar-refractivity contribution is 0.414. The largest absolute Gasteiger partial charge is 0.497 e. The Morgan fingerprint density at radius 3 is 2.47 bits per heavy atom. The summed E-state index contributed by atoms with van der Waals surface area (Å²) >= 11 is 8.17. The smallest absolute Gasteiger partial charge is 0.120 e. The Kier molecular flexibility index (Phi) is 4.50. The van der Waals surface area contributed by atoms with Crippen molar-refractivity contribution < 1.29 is 4.74 Å². The summed E-state index contributed by atoms with van der Waals surface area (Å²) in [4.78, 5) is 2.63. The van der Waals surface area contributed by atoms with E-state index in [2.05, 4.69) is 25.2 Å². The molecule has 1 aromatic heterocycles. The molecule has 2 aromatic rings. The van der Waals surface area contributed by atoms with E-state index in [-0.39, 0.29) is 6.04 Å². The van der Waals surface area contributed by atoms with Crippen molar-refractivity contribution in [2.75, 3.05) is 14.2 Å². The molecule has 0 radical (unpaired) electrons. The van der Waals surface area contributed by atoms with Crippen LogP contribution >= 0.6 is 22.9 Å². The molecule has 1 atom stereocenters. The number of hydrogen-bond donors (Lipinski definition) is 1. The van der Waals surface area contributed by atoms with Crippen LogP contribution in [0.1, 0.15) is 26.9 Å². The number of aryl methyl sites for hydroxylation is 2. The van der Waals surface area contributed by atoms with Crippen LogP contribution in [-0.4, -0.2) is 14.2 Å². The van der Waals surface area contributed by atoms with Gasteiger partial charge < -0.3 is 10.1 Å². The predicted molar refractivity (Wildman–Crippen MR) is 82.7 cm³/mol. The molecule has 1 heterocycles. The molecule has 0 aliphatic rings. The van der Waals surface area contributed by atoms with Crippen LogP contribution in [0.15, 0.2) is 24.3 Å². The van der Waals surface area contributed by atoms with E-state index in [1.165, 1.54) is 15.3 Å². The Balaban J connectivity index is 2.42. The van der Waals surface area contributed by atoms with Gasteiger partial charge in [-0.05, 0) is 50.2 Å². The van der Waals surface area contributed by atoms with Crippen molar-refractivity contribution in [1.82, 2.24) is 5.32 Å². The summed E-state index contributed by atoms with van der Waals surface area (Å²) in [6.45, 7) is 4.28. The molecule has 0 aliphatic carbocycles. The van der Waals surface area contributed by atoms with Crippen molar-refractivity contribution in [3.05, 3.63) is 50.2 Å². The van der Waals surface area contributed by atoms with Crippen LogP contribution in [0.4, 0.5) is 0 Å². The van der Waals surface area contributed by atoms with Crippen LogP contribution in [0, 0.1) is 13.8 Å². The lowest BCUT2D eigenvalue weighted by Crippen LogP contribution is -2.16. The number of thiophene rings is 1. The summed E-state index contributed by atoms with van der Waals surface area (Å²) in [5, 5.41) is 4.06. The van der Waals surface area contributed by atoms with Crippen molar-refractivity contribution in [3.63, 3.8) is 0 Å². The van der Waals surface area contributed by atoms with Crippen LogP contribution in [0.3, 0.4) is 0 Å². The number of methoxy groups -OCH3 is 1. The Morgan fingerprint density at radius 2 is 2.00 bits per heavy atom. The molecule has 0 saturated carbocycles. The molecule has 1 N–H and O–H groups in total. The minimum atomic E-state index is 0.121. The minimum Gasteiger partial charge on any atom is -0.497 e. The number of rotatable bonds is 4. The van der Waals surface area contributed by atoms with E-state index in [1.54, 1.807) is 7.11 Å². The fourth-order valence-corrected chi connectivity index (χ4v) is 3.52. The van der Waals surface area contributed by atoms with Gasteiger partial charge in [0.1, 0.15) is 5.75 Å². The highest BCUT2D eigenvalue weighted by atomic mass is 35.5. The lowest BCUT2D eigenvalue weighted by atomic mass is 10.0. The lowest BCUT2D eigenvalue weighted by Gasteiger charge is -2.17. The number of halogens is 1. The maximum absolute atomic E-state index is 6.36. The number of ether oxygens (including phenoxy) is 1. The fourth-order valence-electron chi connectivity index (χ4n) is 2.06. The van der Waals surface area contributed by atoms with E-state index < -0.39 is 0 Å². The molecule has 1 aromatic carbocycles. The zero-order valence-corrected chi connectivity index (χ0v) is 13.2. The second-order valence-electron chi connectivity index (χ2n) is 4.50. The zero-order chi connectivity index (χ0) is 14.0. The molecule has 102 valence electrons. The van der Waals surface area contributed by atoms with Gasteiger partial charge in [-0.1, -0.05) is 17.7 Å². The van der Waals surface area contributed by atoms with Crippen LogP contribution in [0.2, 0.25) is 5.02 Å². The SMILES string of the molecule is CNC(c1cc(C)c(C)s1)c1ccc(OC)cc1Cl. The third-order valence-corrected chi connectivity index (χ3v) is 4.82. The summed E-state index contributed by atoms with van der Waals surface area (Å²) < 4.78 is 5.19. The van der Waals surface area contributed by atoms with Crippen LogP contribution in [0.5, 0.6) is 5.75 Å². The van der Waals surface area contributed by atoms with Gasteiger partial charge in [0, 0.05) is 14.8 Å². The highest BCUT2D eigenvalue weighted by Crippen LogP contribution is 2.35. The van der Waals surface area contributed by atoms with Crippen LogP contribution in [-0.2, 0) is 0 Å². The van der Waals surface area contributed by atoms with Gasteiger partial charge >= 0.3 is 0 Å². The van der Waals surface area contributed by atoms with Gasteiger partial charge in [-0.3, -0.25) is 0 Å². The van der Waals surface area contributed by atoms with Crippen molar-refractivity contribution in [2.45, 2.75) is 19.9 Å². The van der Waals surface area contributed by atoms with Gasteiger partial charge in [-0.25, -0.2) is 0 Å². The number of hydrogen-bond acceptors (Lipinski definition) is 3. The van der Waals surface area contributed by atoms with Gasteiger partial charge in [0.15, 0.2) is 0 Å². The van der Waals surface area contributed by atoms with Crippen molar-refractivity contribution >= 4 is 22.9 Å². The molecule has 0 fully saturated rings. The minimum absolute atomic E-state index is 0.121. The number of benzene rings is 1. The van der Waals surface area contributed by atoms with E-state index in [0.717, 1.165) is 16.3 Å². The molecule has 2 rings (SSSR count). The van der Waals surface area contributed by atoms with E-state index in [4.69, 9.17) is 16.3 Å². The first-order valence-electron chi connectivity index (χ1n) is 6.14. The first kappa shape index (κ1) is 14.4. The topological polar surface area (TPSA) is 21.3 Å². The summed E-state index contributed by atoms with van der Waals surface area (Å²) in [5.41, 5.74) is 2.40. The van der Waals surface area contributed by atoms with E-state index in [9.17, 15) is 0 Å². The van der Waals surface area contributed by atoms with Gasteiger partial charge in [-0.2, -0.15) is 0 Å². The average Bonchev–Trinajstić information content (AvgIpc) is 2.72. The molecule has 0 saturated heterocycles. The molecule has 0 spiro atoms. The van der Waals surface area contributed by atoms with Gasteiger partial charge in [0.25, 0.3) is 0 Å². The molecular formula is C15H18ClNOS. The molecule has 0 amide bonds. The first-order chi connectivity index (χ1) is 9.06. The standard InChI is InChI=1S/C15H18ClNOS/c1-9-7-14(19-10(9)2)15(17-3)12-6-5-11(18-4)8-13(12)16/h5-8,15,17H,1-4H3. The maximum Gasteiger partial charge on any atom is 0.120 e. The van der Waals surface area contributed by atoms with Gasteiger partial charge in [0.05, 0.1) is 13.2 Å². The molecule has 0 aliphatic heterocycles. The molecular weight excluding hydrogens is 278 g/mol. The van der Waals surface area contributed by atoms with E-state index >= 15 is 0 Å². The van der Waals surface area contributed by atoms with Gasteiger partial charge in [-0.15, -0.1) is 11.3 Å². The molecule has 4 heteroatoms. The van der Waals surface area contributed by atoms with Crippen molar-refractivity contribution in [1.29, 1.82) is 0 Å². The Morgan fingerprint density at radius 1 is 1.26 bits per heavy atom. The Labute approximate surface area is 123 Å². The number of nitrogens with one attached hydrogen (secondary N) is 1. The molecule has 1 unspecified atom stereocenters. The summed E-state index contributed by atoms with van der Waals surface area (Å²) in [6.07, 6.45) is 0. The molecule has 2 nitrogen and oxygen atoms in total. The van der Waals surface area contributed by atoms with Crippen LogP contribution in [0.25, 0.3) is 0 Å². The van der Waals surface area contributed by atoms with E-state index in [0.29, 0.717) is 0 Å². The zero-order valence-electron chi connectivity index (χ0n) is 11.6. The first-order valence-corrected chi connectivity index (χ1v) is 7.34. The molecule has 19 heavy (non-hydrogen) atoms. The highest BCUT2D eigenvalue weighted by molar-refractivity contribution is 7.12. The summed E-state index contributed by atoms with van der Waals surface area (Å²) in [7, 11) is 3.60. The Hall–Kier alpha value is -1.03. The fraction of sp³-hybridized carbons (Fsp3) is 0.333. The predicted octanol–water partition coefficient (Wildman–Crippen LogP) is 4.34. The van der Waals surface area contributed by atoms with Crippen molar-refractivity contribution in [3.8, 4) is 5.75 Å². The van der Waals surface area contributed by atoms with Crippen LogP contribution < -0.4 is 10.1 Å². The van der Waals surface area contributed by atoms with Crippen molar-refractivity contribution in [2.24, 2.45) is 0 Å². The Bertz CT molecular complexity index is 560. The third-order valence-electron chi connectivity index (χ3n) is 3.28. The maximum atomic E-state index is 6.36. The second kappa shape index (κ2) is 5.95. The monoisotopic (exact) mass is 295 g/mol. The van der Waals surface area contributed by atoms with Gasteiger partial charge in [0.2, 0.25) is 0 Å². The average molecular weight is 296 g/mol. The second-order valence-corrected chi connectivity index (χ2v) is 6.19.